The Bertz CT molecular complexity index is 1580. The molecule has 0 aliphatic heterocycles. The number of hydrogen-bond donors (Lipinski definition) is 3. The van der Waals surface area contributed by atoms with Gasteiger partial charge in [-0.2, -0.15) is 4.31 Å². The SMILES string of the molecule is CNC(=O)c1c(-c2ccc(C)cc2)oc2nc(CN(CCCC(C(=O)O)c3ccccc3)S(=O)O)c(C3CC3)cc12. The zero-order chi connectivity index (χ0) is 29.1. The highest BCUT2D eigenvalue weighted by atomic mass is 32.2. The van der Waals surface area contributed by atoms with Gasteiger partial charge in [0.05, 0.1) is 29.1 Å². The maximum absolute atomic E-state index is 13.0. The molecule has 41 heavy (non-hydrogen) atoms. The van der Waals surface area contributed by atoms with E-state index in [4.69, 9.17) is 9.40 Å². The Labute approximate surface area is 241 Å². The van der Waals surface area contributed by atoms with E-state index in [1.54, 1.807) is 31.3 Å². The Morgan fingerprint density at radius 1 is 1.15 bits per heavy atom. The molecule has 2 unspecified atom stereocenters. The summed E-state index contributed by atoms with van der Waals surface area (Å²) < 4.78 is 30.0. The zero-order valence-corrected chi connectivity index (χ0v) is 23.8. The van der Waals surface area contributed by atoms with Crippen molar-refractivity contribution in [1.29, 1.82) is 0 Å². The first kappa shape index (κ1) is 28.7. The van der Waals surface area contributed by atoms with Gasteiger partial charge in [-0.15, -0.1) is 0 Å². The highest BCUT2D eigenvalue weighted by Crippen LogP contribution is 2.44. The predicted octanol–water partition coefficient (Wildman–Crippen LogP) is 5.63. The van der Waals surface area contributed by atoms with Crippen molar-refractivity contribution in [2.24, 2.45) is 0 Å². The molecule has 3 N–H and O–H groups in total. The summed E-state index contributed by atoms with van der Waals surface area (Å²) in [6.45, 7) is 2.28. The van der Waals surface area contributed by atoms with Crippen molar-refractivity contribution in [1.82, 2.24) is 14.6 Å². The number of benzene rings is 2. The lowest BCUT2D eigenvalue weighted by atomic mass is 9.94. The van der Waals surface area contributed by atoms with Crippen LogP contribution in [-0.2, 0) is 22.6 Å². The average Bonchev–Trinajstić information content (AvgIpc) is 3.74. The number of carboxylic acids is 1. The lowest BCUT2D eigenvalue weighted by molar-refractivity contribution is -0.139. The number of aliphatic carboxylic acids is 1. The van der Waals surface area contributed by atoms with Gasteiger partial charge in [0, 0.05) is 19.2 Å². The van der Waals surface area contributed by atoms with Crippen molar-refractivity contribution in [2.45, 2.75) is 51.0 Å². The standard InChI is InChI=1S/C31H33N3O6S/c1-19-10-12-22(13-11-19)28-27(29(35)32-2)25-17-24(21-14-15-21)26(33-30(25)40-28)18-34(41(38)39)16-6-9-23(31(36)37)20-7-4-3-5-8-20/h3-5,7-8,10-13,17,21,23H,6,9,14-16,18H2,1-2H3,(H,32,35)(H,36,37)(H,38,39). The van der Waals surface area contributed by atoms with Crippen molar-refractivity contribution < 1.29 is 27.9 Å². The molecule has 10 heteroatoms. The van der Waals surface area contributed by atoms with Crippen LogP contribution in [0.5, 0.6) is 0 Å². The first-order valence-electron chi connectivity index (χ1n) is 13.7. The maximum Gasteiger partial charge on any atom is 0.310 e. The Morgan fingerprint density at radius 2 is 1.85 bits per heavy atom. The minimum Gasteiger partial charge on any atom is -0.481 e. The molecule has 9 nitrogen and oxygen atoms in total. The van der Waals surface area contributed by atoms with Gasteiger partial charge in [0.2, 0.25) is 17.0 Å². The summed E-state index contributed by atoms with van der Waals surface area (Å²) in [5.41, 5.74) is 4.79. The predicted molar refractivity (Wildman–Crippen MR) is 157 cm³/mol. The van der Waals surface area contributed by atoms with Crippen molar-refractivity contribution in [3.63, 3.8) is 0 Å². The molecule has 2 aromatic carbocycles. The van der Waals surface area contributed by atoms with E-state index in [1.807, 2.05) is 43.3 Å². The molecular weight excluding hydrogens is 542 g/mol. The number of furan rings is 1. The van der Waals surface area contributed by atoms with Gasteiger partial charge in [0.1, 0.15) is 5.76 Å². The molecule has 0 bridgehead atoms. The summed E-state index contributed by atoms with van der Waals surface area (Å²) in [5.74, 6) is -1.23. The van der Waals surface area contributed by atoms with Gasteiger partial charge in [-0.1, -0.05) is 60.2 Å². The van der Waals surface area contributed by atoms with Crippen LogP contribution in [0.1, 0.15) is 70.3 Å². The van der Waals surface area contributed by atoms with Crippen molar-refractivity contribution >= 4 is 34.2 Å². The summed E-state index contributed by atoms with van der Waals surface area (Å²) in [6, 6.07) is 18.6. The first-order chi connectivity index (χ1) is 19.8. The maximum atomic E-state index is 13.0. The van der Waals surface area contributed by atoms with Crippen molar-refractivity contribution in [3.8, 4) is 11.3 Å². The molecule has 1 amide bonds. The van der Waals surface area contributed by atoms with Gasteiger partial charge < -0.3 is 14.8 Å². The van der Waals surface area contributed by atoms with E-state index < -0.39 is 23.2 Å². The second-order valence-electron chi connectivity index (χ2n) is 10.4. The summed E-state index contributed by atoms with van der Waals surface area (Å²) in [6.07, 6.45) is 2.66. The number of hydrogen-bond acceptors (Lipinski definition) is 5. The normalized spacial score (nSPS) is 14.7. The molecule has 4 aromatic rings. The molecule has 0 radical (unpaired) electrons. The van der Waals surface area contributed by atoms with Crippen LogP contribution in [0.15, 0.2) is 65.1 Å². The number of rotatable bonds is 12. The molecular formula is C31H33N3O6S. The van der Waals surface area contributed by atoms with Gasteiger partial charge in [0.15, 0.2) is 0 Å². The van der Waals surface area contributed by atoms with Crippen LogP contribution < -0.4 is 5.32 Å². The lowest BCUT2D eigenvalue weighted by Gasteiger charge is -2.20. The van der Waals surface area contributed by atoms with E-state index in [1.165, 1.54) is 4.31 Å². The fraction of sp³-hybridized carbons (Fsp3) is 0.323. The number of carbonyl (C=O) groups excluding carboxylic acids is 1. The van der Waals surface area contributed by atoms with Crippen LogP contribution >= 0.6 is 0 Å². The quantitative estimate of drug-likeness (QED) is 0.187. The highest BCUT2D eigenvalue weighted by Gasteiger charge is 2.31. The number of carboxylic acid groups (broad SMARTS) is 1. The molecule has 1 saturated carbocycles. The third kappa shape index (κ3) is 6.40. The minimum absolute atomic E-state index is 0.0871. The van der Waals surface area contributed by atoms with Crippen molar-refractivity contribution in [2.75, 3.05) is 13.6 Å². The minimum atomic E-state index is -2.30. The summed E-state index contributed by atoms with van der Waals surface area (Å²) in [7, 11) is 1.57. The Hall–Kier alpha value is -3.86. The highest BCUT2D eigenvalue weighted by molar-refractivity contribution is 7.76. The zero-order valence-electron chi connectivity index (χ0n) is 23.0. The number of aryl methyl sites for hydroxylation is 1. The number of nitrogens with zero attached hydrogens (tertiary/aromatic N) is 2. The van der Waals surface area contributed by atoms with Gasteiger partial charge >= 0.3 is 5.97 Å². The molecule has 2 atom stereocenters. The molecule has 214 valence electrons. The average molecular weight is 576 g/mol. The number of nitrogens with one attached hydrogen (secondary N) is 1. The number of aromatic nitrogens is 1. The topological polar surface area (TPSA) is 133 Å². The van der Waals surface area contributed by atoms with Crippen LogP contribution in [0.4, 0.5) is 0 Å². The molecule has 1 aliphatic carbocycles. The Balaban J connectivity index is 1.44. The number of carbonyl (C=O) groups is 2. The Morgan fingerprint density at radius 3 is 2.46 bits per heavy atom. The summed E-state index contributed by atoms with van der Waals surface area (Å²) >= 11 is -2.30. The first-order valence-corrected chi connectivity index (χ1v) is 14.7. The largest absolute Gasteiger partial charge is 0.481 e. The molecule has 1 fully saturated rings. The van der Waals surface area contributed by atoms with Gasteiger partial charge in [-0.3, -0.25) is 14.1 Å². The van der Waals surface area contributed by atoms with E-state index in [0.29, 0.717) is 40.8 Å². The molecule has 0 saturated heterocycles. The van der Waals surface area contributed by atoms with Crippen LogP contribution in [0, 0.1) is 6.92 Å². The van der Waals surface area contributed by atoms with E-state index >= 15 is 0 Å². The van der Waals surface area contributed by atoms with E-state index in [2.05, 4.69) is 5.32 Å². The molecule has 2 aromatic heterocycles. The van der Waals surface area contributed by atoms with Crippen LogP contribution in [0.25, 0.3) is 22.4 Å². The second-order valence-corrected chi connectivity index (χ2v) is 11.4. The van der Waals surface area contributed by atoms with Crippen LogP contribution in [0.3, 0.4) is 0 Å². The Kier molecular flexibility index (Phi) is 8.63. The lowest BCUT2D eigenvalue weighted by Crippen LogP contribution is -2.28. The van der Waals surface area contributed by atoms with Gasteiger partial charge in [-0.25, -0.2) is 9.19 Å². The molecule has 5 rings (SSSR count). The number of amides is 1. The fourth-order valence-electron chi connectivity index (χ4n) is 5.18. The third-order valence-corrected chi connectivity index (χ3v) is 8.28. The smallest absolute Gasteiger partial charge is 0.310 e. The van der Waals surface area contributed by atoms with Crippen LogP contribution in [-0.4, -0.2) is 48.6 Å². The third-order valence-electron chi connectivity index (χ3n) is 7.53. The van der Waals surface area contributed by atoms with Gasteiger partial charge in [0.25, 0.3) is 5.91 Å². The number of fused-ring (bicyclic) bond motifs is 1. The molecule has 1 aliphatic rings. The fourth-order valence-corrected chi connectivity index (χ4v) is 5.70. The summed E-state index contributed by atoms with van der Waals surface area (Å²) in [5, 5.41) is 13.1. The van der Waals surface area contributed by atoms with E-state index in [9.17, 15) is 23.5 Å². The monoisotopic (exact) mass is 575 g/mol. The van der Waals surface area contributed by atoms with Crippen molar-refractivity contribution in [3.05, 3.63) is 88.6 Å². The molecule has 0 spiro atoms. The molecule has 2 heterocycles. The van der Waals surface area contributed by atoms with E-state index in [0.717, 1.165) is 29.5 Å². The number of pyridine rings is 1. The van der Waals surface area contributed by atoms with E-state index in [-0.39, 0.29) is 30.6 Å². The second kappa shape index (κ2) is 12.3. The van der Waals surface area contributed by atoms with Gasteiger partial charge in [-0.05, 0) is 55.7 Å². The summed E-state index contributed by atoms with van der Waals surface area (Å²) in [4.78, 5) is 29.7. The van der Waals surface area contributed by atoms with Crippen LogP contribution in [0.2, 0.25) is 0 Å².